The van der Waals surface area contributed by atoms with Crippen molar-refractivity contribution in [2.45, 2.75) is 45.6 Å². The molecule has 2 aliphatic rings. The molecule has 3 atom stereocenters. The lowest BCUT2D eigenvalue weighted by Gasteiger charge is -2.42. The summed E-state index contributed by atoms with van der Waals surface area (Å²) >= 11 is 0. The maximum absolute atomic E-state index is 4.28. The minimum absolute atomic E-state index is 0.555. The Morgan fingerprint density at radius 3 is 2.75 bits per heavy atom. The van der Waals surface area contributed by atoms with Gasteiger partial charge in [-0.3, -0.25) is 0 Å². The molecule has 1 aliphatic heterocycles. The molecule has 16 heavy (non-hydrogen) atoms. The minimum atomic E-state index is 0.555. The standard InChI is InChI=1S/C15H23N/c1-5-11(2)6-7-12(3)15-13(4)10-14(15)16-8-9-16/h8-9,11,14-15H,3-7,10H2,1-2H3. The summed E-state index contributed by atoms with van der Waals surface area (Å²) in [5.41, 5.74) is 2.78. The van der Waals surface area contributed by atoms with Crippen LogP contribution in [-0.4, -0.2) is 10.9 Å². The van der Waals surface area contributed by atoms with Crippen molar-refractivity contribution in [3.8, 4) is 0 Å². The quantitative estimate of drug-likeness (QED) is 0.605. The van der Waals surface area contributed by atoms with E-state index in [4.69, 9.17) is 0 Å². The van der Waals surface area contributed by atoms with Gasteiger partial charge < -0.3 is 4.90 Å². The van der Waals surface area contributed by atoms with Gasteiger partial charge in [-0.15, -0.1) is 0 Å². The lowest BCUT2D eigenvalue weighted by atomic mass is 9.70. The first-order chi connectivity index (χ1) is 7.63. The zero-order valence-corrected chi connectivity index (χ0v) is 10.6. The lowest BCUT2D eigenvalue weighted by Crippen LogP contribution is -2.40. The third-order valence-electron chi connectivity index (χ3n) is 4.10. The molecule has 0 radical (unpaired) electrons. The third kappa shape index (κ3) is 2.23. The van der Waals surface area contributed by atoms with Crippen molar-refractivity contribution in [2.24, 2.45) is 11.8 Å². The highest BCUT2D eigenvalue weighted by atomic mass is 15.2. The summed E-state index contributed by atoms with van der Waals surface area (Å²) in [4.78, 5) is 2.31. The van der Waals surface area contributed by atoms with Crippen LogP contribution in [0, 0.1) is 11.8 Å². The molecule has 1 fully saturated rings. The van der Waals surface area contributed by atoms with E-state index in [2.05, 4.69) is 44.3 Å². The van der Waals surface area contributed by atoms with Gasteiger partial charge in [-0.05, 0) is 25.2 Å². The number of nitrogens with zero attached hydrogens (tertiary/aromatic N) is 1. The summed E-state index contributed by atoms with van der Waals surface area (Å²) in [6, 6.07) is 0.650. The molecule has 0 aromatic carbocycles. The third-order valence-corrected chi connectivity index (χ3v) is 4.10. The molecule has 1 saturated carbocycles. The Morgan fingerprint density at radius 2 is 2.25 bits per heavy atom. The SMILES string of the molecule is C=C(CCC(C)CC)C1C(=C)CC1N1C=C1. The van der Waals surface area contributed by atoms with Gasteiger partial charge in [0.2, 0.25) is 0 Å². The van der Waals surface area contributed by atoms with E-state index in [0.29, 0.717) is 12.0 Å². The van der Waals surface area contributed by atoms with Crippen LogP contribution in [0.4, 0.5) is 0 Å². The van der Waals surface area contributed by atoms with Gasteiger partial charge in [0.05, 0.1) is 0 Å². The first-order valence-corrected chi connectivity index (χ1v) is 6.44. The Balaban J connectivity index is 1.81. The van der Waals surface area contributed by atoms with Gasteiger partial charge in [-0.2, -0.15) is 0 Å². The number of rotatable bonds is 6. The van der Waals surface area contributed by atoms with E-state index in [-0.39, 0.29) is 0 Å². The number of hydrogen-bond donors (Lipinski definition) is 0. The van der Waals surface area contributed by atoms with Crippen LogP contribution >= 0.6 is 0 Å². The summed E-state index contributed by atoms with van der Waals surface area (Å²) in [5, 5.41) is 0. The normalized spacial score (nSPS) is 28.9. The first kappa shape index (κ1) is 11.5. The summed E-state index contributed by atoms with van der Waals surface area (Å²) in [7, 11) is 0. The predicted octanol–water partition coefficient (Wildman–Crippen LogP) is 4.10. The minimum Gasteiger partial charge on any atom is -0.347 e. The molecule has 1 heterocycles. The second-order valence-corrected chi connectivity index (χ2v) is 5.36. The van der Waals surface area contributed by atoms with Crippen LogP contribution in [0.25, 0.3) is 0 Å². The highest BCUT2D eigenvalue weighted by molar-refractivity contribution is 5.32. The van der Waals surface area contributed by atoms with Crippen molar-refractivity contribution in [2.75, 3.05) is 0 Å². The molecular weight excluding hydrogens is 194 g/mol. The van der Waals surface area contributed by atoms with Crippen molar-refractivity contribution in [1.82, 2.24) is 4.90 Å². The molecule has 0 bridgehead atoms. The van der Waals surface area contributed by atoms with Crippen LogP contribution in [0.3, 0.4) is 0 Å². The Hall–Kier alpha value is -0.980. The van der Waals surface area contributed by atoms with Crippen LogP contribution in [0.2, 0.25) is 0 Å². The smallest absolute Gasteiger partial charge is 0.0471 e. The van der Waals surface area contributed by atoms with E-state index in [1.165, 1.54) is 30.4 Å². The lowest BCUT2D eigenvalue weighted by molar-refractivity contribution is 0.271. The van der Waals surface area contributed by atoms with E-state index in [1.54, 1.807) is 0 Å². The van der Waals surface area contributed by atoms with Gasteiger partial charge >= 0.3 is 0 Å². The van der Waals surface area contributed by atoms with Crippen LogP contribution in [0.5, 0.6) is 0 Å². The van der Waals surface area contributed by atoms with Gasteiger partial charge in [-0.1, -0.05) is 44.6 Å². The monoisotopic (exact) mass is 217 g/mol. The molecule has 1 heteroatoms. The average Bonchev–Trinajstić information content (AvgIpc) is 3.05. The van der Waals surface area contributed by atoms with Gasteiger partial charge in [0.15, 0.2) is 0 Å². The Labute approximate surface area is 99.5 Å². The Kier molecular flexibility index (Phi) is 3.22. The molecule has 1 aliphatic carbocycles. The second kappa shape index (κ2) is 4.48. The van der Waals surface area contributed by atoms with Crippen molar-refractivity contribution in [1.29, 1.82) is 0 Å². The summed E-state index contributed by atoms with van der Waals surface area (Å²) in [6.07, 6.45) is 9.19. The molecule has 1 nitrogen and oxygen atoms in total. The zero-order valence-electron chi connectivity index (χ0n) is 10.6. The molecule has 0 amide bonds. The van der Waals surface area contributed by atoms with E-state index < -0.39 is 0 Å². The summed E-state index contributed by atoms with van der Waals surface area (Å²) < 4.78 is 0. The Bertz CT molecular complexity index is 320. The maximum atomic E-state index is 4.28. The molecular formula is C15H23N. The van der Waals surface area contributed by atoms with Crippen molar-refractivity contribution < 1.29 is 0 Å². The van der Waals surface area contributed by atoms with Gasteiger partial charge in [-0.25, -0.2) is 0 Å². The van der Waals surface area contributed by atoms with Crippen molar-refractivity contribution in [3.05, 3.63) is 36.7 Å². The van der Waals surface area contributed by atoms with E-state index >= 15 is 0 Å². The van der Waals surface area contributed by atoms with Crippen molar-refractivity contribution >= 4 is 0 Å². The summed E-state index contributed by atoms with van der Waals surface area (Å²) in [6.45, 7) is 13.0. The van der Waals surface area contributed by atoms with Crippen LogP contribution in [0.1, 0.15) is 39.5 Å². The zero-order chi connectivity index (χ0) is 11.7. The van der Waals surface area contributed by atoms with Crippen LogP contribution in [-0.2, 0) is 0 Å². The first-order valence-electron chi connectivity index (χ1n) is 6.44. The molecule has 3 unspecified atom stereocenters. The van der Waals surface area contributed by atoms with Crippen LogP contribution in [0.15, 0.2) is 36.7 Å². The van der Waals surface area contributed by atoms with E-state index in [9.17, 15) is 0 Å². The topological polar surface area (TPSA) is 3.01 Å². The molecule has 0 aromatic rings. The fraction of sp³-hybridized carbons (Fsp3) is 0.600. The molecule has 2 rings (SSSR count). The average molecular weight is 217 g/mol. The van der Waals surface area contributed by atoms with Gasteiger partial charge in [0.1, 0.15) is 0 Å². The fourth-order valence-electron chi connectivity index (χ4n) is 2.51. The van der Waals surface area contributed by atoms with E-state index in [1.807, 2.05) is 0 Å². The summed E-state index contributed by atoms with van der Waals surface area (Å²) in [5.74, 6) is 1.38. The highest BCUT2D eigenvalue weighted by Gasteiger charge is 2.40. The van der Waals surface area contributed by atoms with E-state index in [0.717, 1.165) is 12.3 Å². The molecule has 0 saturated heterocycles. The largest absolute Gasteiger partial charge is 0.347 e. The predicted molar refractivity (Wildman–Crippen MR) is 69.8 cm³/mol. The molecule has 0 N–H and O–H groups in total. The number of hydrogen-bond acceptors (Lipinski definition) is 1. The van der Waals surface area contributed by atoms with Gasteiger partial charge in [0, 0.05) is 24.4 Å². The molecule has 0 aromatic heterocycles. The Morgan fingerprint density at radius 1 is 1.56 bits per heavy atom. The molecule has 88 valence electrons. The van der Waals surface area contributed by atoms with Crippen LogP contribution < -0.4 is 0 Å². The highest BCUT2D eigenvalue weighted by Crippen LogP contribution is 2.44. The maximum Gasteiger partial charge on any atom is 0.0471 e. The van der Waals surface area contributed by atoms with Crippen molar-refractivity contribution in [3.63, 3.8) is 0 Å². The fourth-order valence-corrected chi connectivity index (χ4v) is 2.51. The molecule has 0 spiro atoms. The van der Waals surface area contributed by atoms with Gasteiger partial charge in [0.25, 0.3) is 0 Å². The second-order valence-electron chi connectivity index (χ2n) is 5.36.